The van der Waals surface area contributed by atoms with E-state index in [2.05, 4.69) is 5.32 Å². The lowest BCUT2D eigenvalue weighted by Gasteiger charge is -2.31. The van der Waals surface area contributed by atoms with Crippen molar-refractivity contribution in [2.24, 2.45) is 5.92 Å². The molecule has 0 saturated carbocycles. The number of nitro groups is 1. The molecule has 3 aromatic carbocycles. The summed E-state index contributed by atoms with van der Waals surface area (Å²) in [5.41, 5.74) is -0.563. The minimum atomic E-state index is -3.61. The van der Waals surface area contributed by atoms with E-state index in [-0.39, 0.29) is 48.7 Å². The van der Waals surface area contributed by atoms with Gasteiger partial charge in [0.1, 0.15) is 5.75 Å². The molecule has 3 amide bonds. The zero-order valence-electron chi connectivity index (χ0n) is 28.4. The first-order valence-corrected chi connectivity index (χ1v) is 19.7. The molecule has 3 aliphatic rings. The summed E-state index contributed by atoms with van der Waals surface area (Å²) in [5, 5.41) is 24.6. The van der Waals surface area contributed by atoms with Crippen LogP contribution in [0.4, 0.5) is 21.2 Å². The SMILES string of the molecule is COc1ccc(C(=O)Nc2cccc(CN3C(=O)[C@@]4(O[C@@H](CC(=O)N5CCC[C@H]5CO)[C@H]([Si](C)(C)F)[C@H]4C)c4cc([N+](=O)[O-])ccc43)c2)cc1. The molecule has 1 spiro atoms. The number of anilines is 2. The molecule has 5 atom stereocenters. The molecule has 3 aromatic rings. The van der Waals surface area contributed by atoms with E-state index in [9.17, 15) is 29.6 Å². The molecule has 3 heterocycles. The molecule has 264 valence electrons. The van der Waals surface area contributed by atoms with Crippen LogP contribution in [0.1, 0.15) is 47.7 Å². The number of nitro benzene ring substituents is 1. The Hall–Kier alpha value is -4.66. The molecular formula is C36H41FN4O8Si. The quantitative estimate of drug-likeness (QED) is 0.121. The number of methoxy groups -OCH3 is 1. The number of hydrogen-bond acceptors (Lipinski definition) is 8. The lowest BCUT2D eigenvalue weighted by Crippen LogP contribution is -2.45. The van der Waals surface area contributed by atoms with Gasteiger partial charge in [-0.3, -0.25) is 24.5 Å². The fourth-order valence-corrected chi connectivity index (χ4v) is 10.5. The van der Waals surface area contributed by atoms with Crippen molar-refractivity contribution in [3.05, 3.63) is 93.5 Å². The molecule has 2 saturated heterocycles. The Bertz CT molecular complexity index is 1820. The van der Waals surface area contributed by atoms with Gasteiger partial charge in [-0.1, -0.05) is 19.1 Å². The first-order chi connectivity index (χ1) is 23.8. The molecule has 0 radical (unpaired) electrons. The van der Waals surface area contributed by atoms with Gasteiger partial charge in [0.15, 0.2) is 5.60 Å². The average molecular weight is 705 g/mol. The molecule has 12 nitrogen and oxygen atoms in total. The number of halogens is 1. The van der Waals surface area contributed by atoms with Crippen LogP contribution in [0, 0.1) is 16.0 Å². The van der Waals surface area contributed by atoms with Gasteiger partial charge in [-0.2, -0.15) is 0 Å². The Morgan fingerprint density at radius 3 is 2.56 bits per heavy atom. The molecule has 3 aliphatic heterocycles. The van der Waals surface area contributed by atoms with Crippen molar-refractivity contribution < 1.29 is 38.0 Å². The number of hydrogen-bond donors (Lipinski definition) is 2. The number of carbonyl (C=O) groups is 3. The summed E-state index contributed by atoms with van der Waals surface area (Å²) in [7, 11) is -2.07. The number of nitrogens with zero attached hydrogens (tertiary/aromatic N) is 3. The van der Waals surface area contributed by atoms with Gasteiger partial charge in [0.05, 0.1) is 49.4 Å². The summed E-state index contributed by atoms with van der Waals surface area (Å²) in [5.74, 6) is -1.26. The first-order valence-electron chi connectivity index (χ1n) is 16.7. The van der Waals surface area contributed by atoms with Gasteiger partial charge in [0.25, 0.3) is 17.5 Å². The highest BCUT2D eigenvalue weighted by Crippen LogP contribution is 2.60. The second-order valence-corrected chi connectivity index (χ2v) is 17.6. The second kappa shape index (κ2) is 13.6. The third kappa shape index (κ3) is 6.27. The van der Waals surface area contributed by atoms with Crippen LogP contribution >= 0.6 is 0 Å². The number of amides is 3. The standard InChI is InChI=1S/C36H41FN4O8Si/c1-22-33(50(3,4)37)31(19-32(43)39-16-6-9-27(39)21-42)49-36(22)29-18-26(41(46)47)12-15-30(29)40(35(36)45)20-23-7-5-8-25(17-23)38-34(44)24-10-13-28(48-2)14-11-24/h5,7-8,10-15,17-18,22,27,31,33,42H,6,9,16,19-21H2,1-4H3,(H,38,44)/t22-,27+,31+,33-,36+/m1/s1. The number of benzene rings is 3. The highest BCUT2D eigenvalue weighted by Gasteiger charge is 2.67. The van der Waals surface area contributed by atoms with Gasteiger partial charge < -0.3 is 33.8 Å². The Balaban J connectivity index is 1.33. The van der Waals surface area contributed by atoms with Crippen LogP contribution in [0.2, 0.25) is 18.6 Å². The summed E-state index contributed by atoms with van der Waals surface area (Å²) in [4.78, 5) is 55.8. The lowest BCUT2D eigenvalue weighted by atomic mass is 9.82. The largest absolute Gasteiger partial charge is 0.497 e. The van der Waals surface area contributed by atoms with Gasteiger partial charge in [0, 0.05) is 47.0 Å². The maximum Gasteiger partial charge on any atom is 0.269 e. The van der Waals surface area contributed by atoms with E-state index in [4.69, 9.17) is 9.47 Å². The average Bonchev–Trinajstić information content (AvgIpc) is 3.75. The molecule has 0 aliphatic carbocycles. The van der Waals surface area contributed by atoms with Crippen molar-refractivity contribution in [1.82, 2.24) is 4.90 Å². The monoisotopic (exact) mass is 704 g/mol. The molecular weight excluding hydrogens is 664 g/mol. The number of carbonyl (C=O) groups excluding carboxylic acids is 3. The summed E-state index contributed by atoms with van der Waals surface area (Å²) in [6.45, 7) is 5.11. The molecule has 14 heteroatoms. The van der Waals surface area contributed by atoms with Gasteiger partial charge in [0.2, 0.25) is 14.3 Å². The van der Waals surface area contributed by atoms with Crippen LogP contribution in [-0.2, 0) is 26.5 Å². The van der Waals surface area contributed by atoms with Crippen molar-refractivity contribution >= 4 is 43.2 Å². The van der Waals surface area contributed by atoms with Crippen molar-refractivity contribution in [2.45, 2.75) is 69.1 Å². The number of aliphatic hydroxyl groups is 1. The van der Waals surface area contributed by atoms with Crippen LogP contribution in [0.5, 0.6) is 5.75 Å². The smallest absolute Gasteiger partial charge is 0.269 e. The van der Waals surface area contributed by atoms with Gasteiger partial charge in [-0.05, 0) is 74.0 Å². The number of likely N-dealkylation sites (tertiary alicyclic amines) is 1. The molecule has 0 unspecified atom stereocenters. The van der Waals surface area contributed by atoms with E-state index in [0.717, 1.165) is 6.42 Å². The fourth-order valence-electron chi connectivity index (χ4n) is 8.02. The fraction of sp³-hybridized carbons (Fsp3) is 0.417. The molecule has 0 aromatic heterocycles. The Labute approximate surface area is 290 Å². The number of rotatable bonds is 10. The van der Waals surface area contributed by atoms with Crippen molar-refractivity contribution in [3.8, 4) is 5.75 Å². The highest BCUT2D eigenvalue weighted by atomic mass is 28.4. The molecule has 2 N–H and O–H groups in total. The topological polar surface area (TPSA) is 152 Å². The number of non-ortho nitro benzene ring substituents is 1. The van der Waals surface area contributed by atoms with Crippen LogP contribution in [-0.4, -0.2) is 73.5 Å². The molecule has 6 rings (SSSR count). The summed E-state index contributed by atoms with van der Waals surface area (Å²) >= 11 is 0. The van der Waals surface area contributed by atoms with Crippen LogP contribution in [0.3, 0.4) is 0 Å². The van der Waals surface area contributed by atoms with Gasteiger partial charge in [-0.25, -0.2) is 0 Å². The number of aliphatic hydroxyl groups excluding tert-OH is 1. The summed E-state index contributed by atoms with van der Waals surface area (Å²) in [6.07, 6.45) is 0.266. The normalized spacial score (nSPS) is 24.5. The van der Waals surface area contributed by atoms with E-state index >= 15 is 4.11 Å². The Kier molecular flexibility index (Phi) is 9.55. The Morgan fingerprint density at radius 2 is 1.90 bits per heavy atom. The lowest BCUT2D eigenvalue weighted by molar-refractivity contribution is -0.385. The zero-order valence-corrected chi connectivity index (χ0v) is 29.4. The molecule has 0 bridgehead atoms. The van der Waals surface area contributed by atoms with Crippen molar-refractivity contribution in [2.75, 3.05) is 30.5 Å². The minimum Gasteiger partial charge on any atom is -0.497 e. The van der Waals surface area contributed by atoms with Gasteiger partial charge in [-0.15, -0.1) is 0 Å². The highest BCUT2D eigenvalue weighted by molar-refractivity contribution is 6.72. The maximum absolute atomic E-state index is 16.3. The zero-order chi connectivity index (χ0) is 36.0. The maximum atomic E-state index is 16.3. The van der Waals surface area contributed by atoms with E-state index in [0.29, 0.717) is 41.2 Å². The third-order valence-electron chi connectivity index (χ3n) is 10.3. The van der Waals surface area contributed by atoms with E-state index in [1.807, 2.05) is 0 Å². The number of ether oxygens (including phenoxy) is 2. The van der Waals surface area contributed by atoms with E-state index < -0.39 is 42.4 Å². The summed E-state index contributed by atoms with van der Waals surface area (Å²) in [6, 6.07) is 17.5. The van der Waals surface area contributed by atoms with Gasteiger partial charge >= 0.3 is 0 Å². The second-order valence-electron chi connectivity index (χ2n) is 13.8. The van der Waals surface area contributed by atoms with Crippen molar-refractivity contribution in [3.63, 3.8) is 0 Å². The predicted octanol–water partition coefficient (Wildman–Crippen LogP) is 5.55. The third-order valence-corrected chi connectivity index (χ3v) is 12.8. The number of nitrogens with one attached hydrogen (secondary N) is 1. The van der Waals surface area contributed by atoms with Crippen LogP contribution in [0.25, 0.3) is 0 Å². The predicted molar refractivity (Wildman–Crippen MR) is 186 cm³/mol. The molecule has 50 heavy (non-hydrogen) atoms. The van der Waals surface area contributed by atoms with E-state index in [1.54, 1.807) is 60.4 Å². The van der Waals surface area contributed by atoms with E-state index in [1.165, 1.54) is 43.3 Å². The molecule has 2 fully saturated rings. The minimum absolute atomic E-state index is 0.0321. The number of fused-ring (bicyclic) bond motifs is 2. The Morgan fingerprint density at radius 1 is 1.16 bits per heavy atom. The first kappa shape index (κ1) is 35.2. The van der Waals surface area contributed by atoms with Crippen molar-refractivity contribution in [1.29, 1.82) is 0 Å². The van der Waals surface area contributed by atoms with Crippen LogP contribution < -0.4 is 15.0 Å². The van der Waals surface area contributed by atoms with Crippen LogP contribution in [0.15, 0.2) is 66.7 Å². The summed E-state index contributed by atoms with van der Waals surface area (Å²) < 4.78 is 28.1.